The van der Waals surface area contributed by atoms with Crippen molar-refractivity contribution in [3.63, 3.8) is 0 Å². The smallest absolute Gasteiger partial charge is 0.317 e. The Kier molecular flexibility index (Phi) is 15.5. The zero-order chi connectivity index (χ0) is 12.8. The van der Waals surface area contributed by atoms with Crippen LogP contribution in [0.2, 0.25) is 0 Å². The molecule has 16 heavy (non-hydrogen) atoms. The van der Waals surface area contributed by atoms with Crippen molar-refractivity contribution in [3.8, 4) is 0 Å². The number of nitrogens with one attached hydrogen (secondary N) is 2. The van der Waals surface area contributed by atoms with Gasteiger partial charge in [0.15, 0.2) is 0 Å². The van der Waals surface area contributed by atoms with Gasteiger partial charge in [0.05, 0.1) is 6.04 Å². The molecule has 0 saturated heterocycles. The summed E-state index contributed by atoms with van der Waals surface area (Å²) in [5, 5.41) is 11.0. The molecule has 0 fully saturated rings. The Bertz CT molecular complexity index is 146. The molecule has 0 aromatic carbocycles. The minimum absolute atomic E-state index is 0.0116. The molecule has 5 heteroatoms. The Hall–Kier alpha value is -0.840. The van der Waals surface area contributed by atoms with Crippen molar-refractivity contribution in [1.82, 2.24) is 10.7 Å². The predicted octanol–water partition coefficient (Wildman–Crippen LogP) is 2.24. The Labute approximate surface area is 99.1 Å². The molecule has 0 atom stereocenters. The molecular weight excluding hydrogens is 206 g/mol. The highest BCUT2D eigenvalue weighted by Crippen LogP contribution is 1.85. The summed E-state index contributed by atoms with van der Waals surface area (Å²) in [5.74, 6) is 0. The van der Waals surface area contributed by atoms with Crippen molar-refractivity contribution in [1.29, 1.82) is 0 Å². The highest BCUT2D eigenvalue weighted by atomic mass is 16.7. The Morgan fingerprint density at radius 3 is 1.75 bits per heavy atom. The predicted molar refractivity (Wildman–Crippen MR) is 66.4 cm³/mol. The first kappa shape index (κ1) is 17.6. The van der Waals surface area contributed by atoms with Gasteiger partial charge in [0, 0.05) is 0 Å². The summed E-state index contributed by atoms with van der Waals surface area (Å²) < 4.78 is 0. The van der Waals surface area contributed by atoms with E-state index >= 15 is 0 Å². The van der Waals surface area contributed by atoms with Gasteiger partial charge in [0.2, 0.25) is 0 Å². The van der Waals surface area contributed by atoms with Gasteiger partial charge in [-0.15, -0.1) is 0 Å². The fourth-order valence-electron chi connectivity index (χ4n) is 0.949. The van der Waals surface area contributed by atoms with Crippen molar-refractivity contribution >= 4 is 0 Å². The van der Waals surface area contributed by atoms with Crippen LogP contribution in [0.5, 0.6) is 0 Å². The van der Waals surface area contributed by atoms with Crippen molar-refractivity contribution in [2.75, 3.05) is 13.1 Å². The monoisotopic (exact) mass is 234 g/mol. The summed E-state index contributed by atoms with van der Waals surface area (Å²) in [6.45, 7) is 10.4. The van der Waals surface area contributed by atoms with Gasteiger partial charge in [-0.2, -0.15) is 0 Å². The van der Waals surface area contributed by atoms with E-state index in [1.165, 1.54) is 38.8 Å². The van der Waals surface area contributed by atoms with Gasteiger partial charge in [-0.05, 0) is 39.8 Å². The number of hydrazine groups is 1. The van der Waals surface area contributed by atoms with E-state index in [0.29, 0.717) is 0 Å². The molecule has 5 nitrogen and oxygen atoms in total. The topological polar surface area (TPSA) is 64.4 Å². The maximum Gasteiger partial charge on any atom is 0.354 e. The largest absolute Gasteiger partial charge is 0.354 e. The average Bonchev–Trinajstić information content (AvgIpc) is 2.16. The Balaban J connectivity index is 0. The lowest BCUT2D eigenvalue weighted by atomic mass is 10.3. The highest BCUT2D eigenvalue weighted by Gasteiger charge is 2.01. The van der Waals surface area contributed by atoms with Crippen LogP contribution in [0.3, 0.4) is 0 Å². The van der Waals surface area contributed by atoms with E-state index in [9.17, 15) is 4.91 Å². The van der Waals surface area contributed by atoms with Crippen LogP contribution in [0.1, 0.15) is 53.4 Å². The lowest BCUT2D eigenvalue weighted by Gasteiger charge is -1.99. The third-order valence-electron chi connectivity index (χ3n) is 1.78. The van der Waals surface area contributed by atoms with Crippen molar-refractivity contribution in [3.05, 3.63) is 4.91 Å². The van der Waals surface area contributed by atoms with Crippen LogP contribution in [0.4, 0.5) is 0 Å². The molecule has 0 aromatic rings. The molecule has 3 N–H and O–H groups in total. The first-order valence-corrected chi connectivity index (χ1v) is 6.17. The van der Waals surface area contributed by atoms with E-state index in [1.54, 1.807) is 13.8 Å². The van der Waals surface area contributed by atoms with Gasteiger partial charge in [-0.3, -0.25) is 0 Å². The lowest BCUT2D eigenvalue weighted by Crippen LogP contribution is -2.30. The van der Waals surface area contributed by atoms with E-state index < -0.39 is 0 Å². The first-order valence-electron chi connectivity index (χ1n) is 6.17. The second-order valence-corrected chi connectivity index (χ2v) is 4.01. The van der Waals surface area contributed by atoms with E-state index in [-0.39, 0.29) is 11.1 Å². The zero-order valence-electron chi connectivity index (χ0n) is 11.1. The first-order chi connectivity index (χ1) is 7.54. The zero-order valence-corrected chi connectivity index (χ0v) is 11.1. The molecule has 0 heterocycles. The van der Waals surface area contributed by atoms with Crippen molar-refractivity contribution in [2.24, 2.45) is 0 Å². The maximum atomic E-state index is 9.62. The second kappa shape index (κ2) is 14.2. The molecular formula is C11H28N3O2+. The number of nitrogens with zero attached hydrogens (tertiary/aromatic N) is 1. The van der Waals surface area contributed by atoms with Gasteiger partial charge in [-0.1, -0.05) is 32.1 Å². The van der Waals surface area contributed by atoms with Crippen LogP contribution in [0.25, 0.3) is 0 Å². The molecule has 0 amide bonds. The summed E-state index contributed by atoms with van der Waals surface area (Å²) in [4.78, 5) is 9.62. The van der Waals surface area contributed by atoms with Crippen LogP contribution >= 0.6 is 0 Å². The molecule has 0 bridgehead atoms. The van der Waals surface area contributed by atoms with E-state index in [4.69, 9.17) is 5.21 Å². The highest BCUT2D eigenvalue weighted by molar-refractivity contribution is 4.45. The SMILES string of the molecule is CC(C)N[N+](=O)O.CCCCNCCCC. The Morgan fingerprint density at radius 2 is 1.56 bits per heavy atom. The average molecular weight is 234 g/mol. The molecule has 0 radical (unpaired) electrons. The fraction of sp³-hybridized carbons (Fsp3) is 1.00. The number of hydrogen-bond acceptors (Lipinski definition) is 2. The van der Waals surface area contributed by atoms with E-state index in [0.717, 1.165) is 0 Å². The standard InChI is InChI=1S/C8H19N.C3H9N2O2/c1-3-5-7-9-8-6-4-2;1-3(2)4-5(6)7/h9H,3-8H2,1-2H3;3-4H,1-2H3,(H,6,7)/q;+1. The second-order valence-electron chi connectivity index (χ2n) is 4.01. The van der Waals surface area contributed by atoms with Crippen LogP contribution in [0.15, 0.2) is 0 Å². The molecule has 0 saturated carbocycles. The van der Waals surface area contributed by atoms with E-state index in [2.05, 4.69) is 24.6 Å². The lowest BCUT2D eigenvalue weighted by molar-refractivity contribution is -0.835. The number of rotatable bonds is 8. The van der Waals surface area contributed by atoms with E-state index in [1.807, 2.05) is 0 Å². The molecule has 0 spiro atoms. The summed E-state index contributed by atoms with van der Waals surface area (Å²) >= 11 is 0. The minimum atomic E-state index is -0.301. The molecule has 0 unspecified atom stereocenters. The molecule has 0 aromatic heterocycles. The Morgan fingerprint density at radius 1 is 1.12 bits per heavy atom. The normalized spacial score (nSPS) is 9.56. The van der Waals surface area contributed by atoms with Crippen LogP contribution < -0.4 is 10.7 Å². The van der Waals surface area contributed by atoms with Gasteiger partial charge in [0.1, 0.15) is 4.91 Å². The number of hydrogen-bond donors (Lipinski definition) is 3. The fourth-order valence-corrected chi connectivity index (χ4v) is 0.949. The molecule has 0 aliphatic rings. The molecule has 0 rings (SSSR count). The summed E-state index contributed by atoms with van der Waals surface area (Å²) in [5.41, 5.74) is 2.14. The van der Waals surface area contributed by atoms with Gasteiger partial charge >= 0.3 is 5.03 Å². The van der Waals surface area contributed by atoms with Crippen LogP contribution in [-0.2, 0) is 0 Å². The van der Waals surface area contributed by atoms with Gasteiger partial charge in [0.25, 0.3) is 0 Å². The third kappa shape index (κ3) is 23.2. The van der Waals surface area contributed by atoms with Crippen LogP contribution in [-0.4, -0.2) is 29.4 Å². The quantitative estimate of drug-likeness (QED) is 0.445. The van der Waals surface area contributed by atoms with Gasteiger partial charge < -0.3 is 5.32 Å². The summed E-state index contributed by atoms with van der Waals surface area (Å²) in [6.07, 6.45) is 5.26. The minimum Gasteiger partial charge on any atom is -0.317 e. The van der Waals surface area contributed by atoms with Crippen molar-refractivity contribution in [2.45, 2.75) is 59.4 Å². The third-order valence-corrected chi connectivity index (χ3v) is 1.78. The van der Waals surface area contributed by atoms with Crippen LogP contribution in [0, 0.1) is 4.91 Å². The summed E-state index contributed by atoms with van der Waals surface area (Å²) in [7, 11) is 0. The number of unbranched alkanes of at least 4 members (excludes halogenated alkanes) is 2. The molecule has 0 aliphatic carbocycles. The van der Waals surface area contributed by atoms with Gasteiger partial charge in [-0.25, -0.2) is 5.21 Å². The molecule has 98 valence electrons. The summed E-state index contributed by atoms with van der Waals surface area (Å²) in [6, 6.07) is -0.0116. The van der Waals surface area contributed by atoms with Crippen molar-refractivity contribution < 1.29 is 10.2 Å². The molecule has 0 aliphatic heterocycles. The maximum absolute atomic E-state index is 9.62.